The van der Waals surface area contributed by atoms with Gasteiger partial charge in [0.05, 0.1) is 18.7 Å². The van der Waals surface area contributed by atoms with Gasteiger partial charge in [-0.25, -0.2) is 9.79 Å². The number of hydrogen-bond donors (Lipinski definition) is 2. The Kier molecular flexibility index (Phi) is 10.6. The highest BCUT2D eigenvalue weighted by molar-refractivity contribution is 14.0. The Morgan fingerprint density at radius 2 is 1.86 bits per heavy atom. The van der Waals surface area contributed by atoms with Gasteiger partial charge in [-0.15, -0.1) is 24.0 Å². The zero-order valence-electron chi connectivity index (χ0n) is 13.7. The molecule has 0 radical (unpaired) electrons. The van der Waals surface area contributed by atoms with Gasteiger partial charge < -0.3 is 15.4 Å². The van der Waals surface area contributed by atoms with Gasteiger partial charge in [-0.05, 0) is 45.4 Å². The van der Waals surface area contributed by atoms with E-state index in [2.05, 4.69) is 29.5 Å². The molecule has 1 rings (SSSR count). The second kappa shape index (κ2) is 11.3. The summed E-state index contributed by atoms with van der Waals surface area (Å²) in [6, 6.07) is 7.66. The first-order chi connectivity index (χ1) is 10.1. The third-order valence-corrected chi connectivity index (χ3v) is 2.65. The van der Waals surface area contributed by atoms with Crippen LogP contribution in [0.5, 0.6) is 0 Å². The van der Waals surface area contributed by atoms with Gasteiger partial charge >= 0.3 is 5.97 Å². The third-order valence-electron chi connectivity index (χ3n) is 2.65. The average Bonchev–Trinajstić information content (AvgIpc) is 2.45. The monoisotopic (exact) mass is 419 g/mol. The number of rotatable bonds is 6. The minimum atomic E-state index is -0.289. The van der Waals surface area contributed by atoms with E-state index in [1.165, 1.54) is 0 Å². The summed E-state index contributed by atoms with van der Waals surface area (Å²) < 4.78 is 4.96. The van der Waals surface area contributed by atoms with Crippen LogP contribution in [-0.2, 0) is 11.3 Å². The molecule has 6 heteroatoms. The van der Waals surface area contributed by atoms with Gasteiger partial charge in [-0.3, -0.25) is 0 Å². The van der Waals surface area contributed by atoms with Gasteiger partial charge in [0, 0.05) is 12.6 Å². The lowest BCUT2D eigenvalue weighted by molar-refractivity contribution is 0.0526. The highest BCUT2D eigenvalue weighted by Crippen LogP contribution is 2.07. The number of carbonyl (C=O) groups excluding carboxylic acids is 1. The Morgan fingerprint density at radius 3 is 2.36 bits per heavy atom. The molecule has 124 valence electrons. The van der Waals surface area contributed by atoms with Crippen molar-refractivity contribution < 1.29 is 9.53 Å². The summed E-state index contributed by atoms with van der Waals surface area (Å²) in [5.41, 5.74) is 1.61. The number of aliphatic imine (C=N–C) groups is 1. The number of carbonyl (C=O) groups is 1. The molecule has 0 aliphatic heterocycles. The van der Waals surface area contributed by atoms with Crippen LogP contribution in [0.25, 0.3) is 0 Å². The van der Waals surface area contributed by atoms with E-state index in [4.69, 9.17) is 4.74 Å². The fraction of sp³-hybridized carbons (Fsp3) is 0.500. The third kappa shape index (κ3) is 7.63. The lowest BCUT2D eigenvalue weighted by Gasteiger charge is -2.13. The van der Waals surface area contributed by atoms with Gasteiger partial charge in [0.15, 0.2) is 5.96 Å². The van der Waals surface area contributed by atoms with Crippen molar-refractivity contribution in [1.82, 2.24) is 10.6 Å². The molecule has 0 unspecified atom stereocenters. The van der Waals surface area contributed by atoms with Crippen LogP contribution in [0, 0.1) is 0 Å². The summed E-state index contributed by atoms with van der Waals surface area (Å²) in [4.78, 5) is 16.1. The quantitative estimate of drug-likeness (QED) is 0.322. The van der Waals surface area contributed by atoms with Crippen LogP contribution in [0.15, 0.2) is 29.3 Å². The number of ether oxygens (including phenoxy) is 1. The highest BCUT2D eigenvalue weighted by Gasteiger charge is 2.05. The molecule has 0 fully saturated rings. The van der Waals surface area contributed by atoms with Crippen LogP contribution in [-0.4, -0.2) is 31.1 Å². The van der Waals surface area contributed by atoms with Gasteiger partial charge in [-0.1, -0.05) is 12.1 Å². The predicted octanol–water partition coefficient (Wildman–Crippen LogP) is 2.94. The summed E-state index contributed by atoms with van der Waals surface area (Å²) in [5, 5.41) is 6.46. The summed E-state index contributed by atoms with van der Waals surface area (Å²) in [6.45, 7) is 9.74. The van der Waals surface area contributed by atoms with E-state index >= 15 is 0 Å². The van der Waals surface area contributed by atoms with Crippen LogP contribution in [0.4, 0.5) is 0 Å². The van der Waals surface area contributed by atoms with Crippen molar-refractivity contribution in [2.24, 2.45) is 4.99 Å². The second-order valence-electron chi connectivity index (χ2n) is 4.91. The first kappa shape index (κ1) is 20.7. The van der Waals surface area contributed by atoms with Gasteiger partial charge in [-0.2, -0.15) is 0 Å². The van der Waals surface area contributed by atoms with E-state index in [-0.39, 0.29) is 29.9 Å². The highest BCUT2D eigenvalue weighted by atomic mass is 127. The van der Waals surface area contributed by atoms with E-state index in [0.29, 0.717) is 24.8 Å². The lowest BCUT2D eigenvalue weighted by atomic mass is 10.1. The topological polar surface area (TPSA) is 62.7 Å². The van der Waals surface area contributed by atoms with Crippen LogP contribution >= 0.6 is 24.0 Å². The SMILES string of the molecule is CCNC(=NCc1ccc(C(=O)OCC)cc1)NC(C)C.I. The van der Waals surface area contributed by atoms with Crippen molar-refractivity contribution in [2.45, 2.75) is 40.3 Å². The Bertz CT molecular complexity index is 473. The molecule has 2 N–H and O–H groups in total. The normalized spacial score (nSPS) is 10.9. The minimum absolute atomic E-state index is 0. The standard InChI is InChI=1S/C16H25N3O2.HI/c1-5-17-16(19-12(3)4)18-11-13-7-9-14(10-8-13)15(20)21-6-2;/h7-10,12H,5-6,11H2,1-4H3,(H2,17,18,19);1H. The van der Waals surface area contributed by atoms with Gasteiger partial charge in [0.25, 0.3) is 0 Å². The number of halogens is 1. The van der Waals surface area contributed by atoms with Crippen molar-refractivity contribution in [3.05, 3.63) is 35.4 Å². The molecule has 0 aromatic heterocycles. The number of benzene rings is 1. The molecule has 0 saturated heterocycles. The molecule has 0 atom stereocenters. The largest absolute Gasteiger partial charge is 0.462 e. The number of esters is 1. The van der Waals surface area contributed by atoms with E-state index < -0.39 is 0 Å². The van der Waals surface area contributed by atoms with Gasteiger partial charge in [0.1, 0.15) is 0 Å². The summed E-state index contributed by atoms with van der Waals surface area (Å²) in [6.07, 6.45) is 0. The molecule has 1 aromatic rings. The molecule has 0 amide bonds. The van der Waals surface area contributed by atoms with Crippen LogP contribution < -0.4 is 10.6 Å². The first-order valence-corrected chi connectivity index (χ1v) is 7.37. The second-order valence-corrected chi connectivity index (χ2v) is 4.91. The molecule has 0 heterocycles. The Hall–Kier alpha value is -1.31. The van der Waals surface area contributed by atoms with E-state index in [1.54, 1.807) is 19.1 Å². The fourth-order valence-electron chi connectivity index (χ4n) is 1.72. The molecule has 1 aromatic carbocycles. The molecule has 0 aliphatic carbocycles. The summed E-state index contributed by atoms with van der Waals surface area (Å²) in [5.74, 6) is 0.504. The maximum Gasteiger partial charge on any atom is 0.338 e. The number of hydrogen-bond acceptors (Lipinski definition) is 3. The Labute approximate surface area is 149 Å². The molecule has 0 spiro atoms. The van der Waals surface area contributed by atoms with Crippen molar-refractivity contribution in [3.8, 4) is 0 Å². The predicted molar refractivity (Wildman–Crippen MR) is 101 cm³/mol. The molecule has 0 bridgehead atoms. The molecule has 0 saturated carbocycles. The lowest BCUT2D eigenvalue weighted by Crippen LogP contribution is -2.40. The van der Waals surface area contributed by atoms with Crippen molar-refractivity contribution in [3.63, 3.8) is 0 Å². The Morgan fingerprint density at radius 1 is 1.23 bits per heavy atom. The Balaban J connectivity index is 0.00000441. The number of guanidine groups is 1. The van der Waals surface area contributed by atoms with Crippen LogP contribution in [0.3, 0.4) is 0 Å². The number of nitrogens with zero attached hydrogens (tertiary/aromatic N) is 1. The maximum absolute atomic E-state index is 11.6. The van der Waals surface area contributed by atoms with Crippen molar-refractivity contribution >= 4 is 35.9 Å². The summed E-state index contributed by atoms with van der Waals surface area (Å²) >= 11 is 0. The van der Waals surface area contributed by atoms with Gasteiger partial charge in [0.2, 0.25) is 0 Å². The fourth-order valence-corrected chi connectivity index (χ4v) is 1.72. The van der Waals surface area contributed by atoms with Crippen LogP contribution in [0.2, 0.25) is 0 Å². The van der Waals surface area contributed by atoms with E-state index in [9.17, 15) is 4.79 Å². The average molecular weight is 419 g/mol. The maximum atomic E-state index is 11.6. The van der Waals surface area contributed by atoms with Crippen molar-refractivity contribution in [1.29, 1.82) is 0 Å². The van der Waals surface area contributed by atoms with Crippen LogP contribution in [0.1, 0.15) is 43.6 Å². The zero-order valence-corrected chi connectivity index (χ0v) is 16.0. The summed E-state index contributed by atoms with van der Waals surface area (Å²) in [7, 11) is 0. The molecular weight excluding hydrogens is 393 g/mol. The van der Waals surface area contributed by atoms with Crippen molar-refractivity contribution in [2.75, 3.05) is 13.2 Å². The molecular formula is C16H26IN3O2. The van der Waals surface area contributed by atoms with E-state index in [0.717, 1.165) is 18.1 Å². The van der Waals surface area contributed by atoms with E-state index in [1.807, 2.05) is 19.1 Å². The number of nitrogens with one attached hydrogen (secondary N) is 2. The minimum Gasteiger partial charge on any atom is -0.462 e. The molecule has 22 heavy (non-hydrogen) atoms. The smallest absolute Gasteiger partial charge is 0.338 e. The first-order valence-electron chi connectivity index (χ1n) is 7.37. The molecule has 0 aliphatic rings. The zero-order chi connectivity index (χ0) is 15.7. The molecule has 5 nitrogen and oxygen atoms in total.